The van der Waals surface area contributed by atoms with E-state index in [1.807, 2.05) is 26.0 Å². The first-order chi connectivity index (χ1) is 17.0. The number of nitrogens with zero attached hydrogens (tertiary/aromatic N) is 2. The molecular weight excluding hydrogens is 485 g/mol. The molecule has 0 saturated heterocycles. The van der Waals surface area contributed by atoms with Crippen LogP contribution >= 0.6 is 0 Å². The molecule has 0 spiro atoms. The van der Waals surface area contributed by atoms with Crippen LogP contribution in [0.3, 0.4) is 0 Å². The van der Waals surface area contributed by atoms with E-state index in [9.17, 15) is 22.4 Å². The van der Waals surface area contributed by atoms with Gasteiger partial charge in [-0.1, -0.05) is 19.1 Å². The minimum atomic E-state index is -3.64. The Morgan fingerprint density at radius 3 is 2.36 bits per heavy atom. The fourth-order valence-corrected chi connectivity index (χ4v) is 4.59. The minimum Gasteiger partial charge on any atom is -0.497 e. The molecular formula is C26H36FN3O5S. The standard InChI is InChI=1S/C26H36FN3O5S/c1-6-19(2)28-26(32)20(3)29(18-21-9-7-10-24(17-21)35-4)25(31)11-8-16-30(36(5,33)34)23-14-12-22(27)13-15-23/h7,9-10,12-15,17,19-20H,6,8,11,16,18H2,1-5H3,(H,28,32)/t19-,20-/m0/s1. The molecule has 2 atom stereocenters. The van der Waals surface area contributed by atoms with Crippen LogP contribution in [-0.2, 0) is 26.2 Å². The number of nitrogens with one attached hydrogen (secondary N) is 1. The van der Waals surface area contributed by atoms with E-state index in [2.05, 4.69) is 5.32 Å². The minimum absolute atomic E-state index is 0.0259. The predicted molar refractivity (Wildman–Crippen MR) is 139 cm³/mol. The molecule has 36 heavy (non-hydrogen) atoms. The van der Waals surface area contributed by atoms with Gasteiger partial charge in [-0.15, -0.1) is 0 Å². The number of ether oxygens (including phenoxy) is 1. The molecule has 0 bridgehead atoms. The maximum absolute atomic E-state index is 13.3. The number of methoxy groups -OCH3 is 1. The first-order valence-corrected chi connectivity index (χ1v) is 13.8. The molecule has 198 valence electrons. The lowest BCUT2D eigenvalue weighted by molar-refractivity contribution is -0.140. The Morgan fingerprint density at radius 2 is 1.78 bits per heavy atom. The Bertz CT molecular complexity index is 1120. The summed E-state index contributed by atoms with van der Waals surface area (Å²) >= 11 is 0. The van der Waals surface area contributed by atoms with Crippen LogP contribution < -0.4 is 14.4 Å². The monoisotopic (exact) mass is 521 g/mol. The van der Waals surface area contributed by atoms with Crippen LogP contribution in [0.15, 0.2) is 48.5 Å². The fourth-order valence-electron chi connectivity index (χ4n) is 3.63. The van der Waals surface area contributed by atoms with Crippen molar-refractivity contribution < 1.29 is 27.1 Å². The van der Waals surface area contributed by atoms with Crippen LogP contribution in [0.2, 0.25) is 0 Å². The molecule has 2 aromatic carbocycles. The summed E-state index contributed by atoms with van der Waals surface area (Å²) in [6.07, 6.45) is 2.07. The van der Waals surface area contributed by atoms with Crippen LogP contribution in [0, 0.1) is 5.82 Å². The number of amides is 2. The molecule has 0 aliphatic heterocycles. The lowest BCUT2D eigenvalue weighted by atomic mass is 10.1. The molecule has 0 heterocycles. The quantitative estimate of drug-likeness (QED) is 0.434. The van der Waals surface area contributed by atoms with Crippen LogP contribution in [0.4, 0.5) is 10.1 Å². The van der Waals surface area contributed by atoms with Gasteiger partial charge in [0.05, 0.1) is 19.1 Å². The highest BCUT2D eigenvalue weighted by atomic mass is 32.2. The zero-order chi connectivity index (χ0) is 26.9. The smallest absolute Gasteiger partial charge is 0.242 e. The maximum atomic E-state index is 13.3. The average molecular weight is 522 g/mol. The van der Waals surface area contributed by atoms with E-state index in [0.29, 0.717) is 11.4 Å². The number of sulfonamides is 1. The first-order valence-electron chi connectivity index (χ1n) is 11.9. The van der Waals surface area contributed by atoms with Crippen molar-refractivity contribution in [1.29, 1.82) is 0 Å². The van der Waals surface area contributed by atoms with Crippen molar-refractivity contribution in [1.82, 2.24) is 10.2 Å². The predicted octanol–water partition coefficient (Wildman–Crippen LogP) is 3.71. The van der Waals surface area contributed by atoms with Gasteiger partial charge in [0.15, 0.2) is 0 Å². The van der Waals surface area contributed by atoms with E-state index in [4.69, 9.17) is 4.74 Å². The molecule has 0 aromatic heterocycles. The number of rotatable bonds is 13. The van der Waals surface area contributed by atoms with E-state index >= 15 is 0 Å². The Kier molecular flexibility index (Phi) is 10.7. The Labute approximate surface area is 213 Å². The fraction of sp³-hybridized carbons (Fsp3) is 0.462. The number of carbonyl (C=O) groups is 2. The highest BCUT2D eigenvalue weighted by Crippen LogP contribution is 2.20. The zero-order valence-electron chi connectivity index (χ0n) is 21.5. The summed E-state index contributed by atoms with van der Waals surface area (Å²) in [6, 6.07) is 11.6. The molecule has 2 amide bonds. The Balaban J connectivity index is 2.18. The third-order valence-corrected chi connectivity index (χ3v) is 7.12. The summed E-state index contributed by atoms with van der Waals surface area (Å²) in [5, 5.41) is 2.92. The highest BCUT2D eigenvalue weighted by molar-refractivity contribution is 7.92. The molecule has 0 aliphatic rings. The number of hydrogen-bond acceptors (Lipinski definition) is 5. The first kappa shape index (κ1) is 29.1. The number of halogens is 1. The van der Waals surface area contributed by atoms with Crippen molar-refractivity contribution in [2.75, 3.05) is 24.2 Å². The van der Waals surface area contributed by atoms with Gasteiger partial charge in [-0.3, -0.25) is 13.9 Å². The zero-order valence-corrected chi connectivity index (χ0v) is 22.3. The molecule has 0 unspecified atom stereocenters. The van der Waals surface area contributed by atoms with Gasteiger partial charge >= 0.3 is 0 Å². The van der Waals surface area contributed by atoms with Gasteiger partial charge in [0, 0.05) is 25.6 Å². The average Bonchev–Trinajstić information content (AvgIpc) is 2.84. The van der Waals surface area contributed by atoms with Gasteiger partial charge in [-0.05, 0) is 68.7 Å². The van der Waals surface area contributed by atoms with Crippen LogP contribution in [0.25, 0.3) is 0 Å². The number of hydrogen-bond donors (Lipinski definition) is 1. The Hall–Kier alpha value is -3.14. The van der Waals surface area contributed by atoms with Crippen LogP contribution in [0.1, 0.15) is 45.6 Å². The number of carbonyl (C=O) groups excluding carboxylic acids is 2. The van der Waals surface area contributed by atoms with Crippen LogP contribution in [0.5, 0.6) is 5.75 Å². The molecule has 0 saturated carbocycles. The summed E-state index contributed by atoms with van der Waals surface area (Å²) in [4.78, 5) is 27.7. The van der Waals surface area contributed by atoms with Gasteiger partial charge in [0.25, 0.3) is 0 Å². The highest BCUT2D eigenvalue weighted by Gasteiger charge is 2.27. The summed E-state index contributed by atoms with van der Waals surface area (Å²) in [6.45, 7) is 5.77. The van der Waals surface area contributed by atoms with Crippen molar-refractivity contribution in [3.8, 4) is 5.75 Å². The molecule has 2 rings (SSSR count). The van der Waals surface area contributed by atoms with Crippen molar-refractivity contribution in [3.05, 3.63) is 59.9 Å². The summed E-state index contributed by atoms with van der Waals surface area (Å²) in [5.41, 5.74) is 1.12. The van der Waals surface area contributed by atoms with E-state index in [1.54, 1.807) is 26.2 Å². The molecule has 0 radical (unpaired) electrons. The van der Waals surface area contributed by atoms with E-state index < -0.39 is 21.9 Å². The third-order valence-electron chi connectivity index (χ3n) is 5.92. The van der Waals surface area contributed by atoms with Crippen LogP contribution in [-0.4, -0.2) is 57.1 Å². The second kappa shape index (κ2) is 13.2. The summed E-state index contributed by atoms with van der Waals surface area (Å²) in [7, 11) is -2.09. The van der Waals surface area contributed by atoms with Crippen molar-refractivity contribution in [2.45, 2.75) is 58.7 Å². The molecule has 8 nitrogen and oxygen atoms in total. The Morgan fingerprint density at radius 1 is 1.11 bits per heavy atom. The SMILES string of the molecule is CC[C@H](C)NC(=O)[C@H](C)N(Cc1cccc(OC)c1)C(=O)CCCN(c1ccc(F)cc1)S(C)(=O)=O. The van der Waals surface area contributed by atoms with Crippen molar-refractivity contribution in [2.24, 2.45) is 0 Å². The molecule has 0 aliphatic carbocycles. The number of benzene rings is 2. The molecule has 0 fully saturated rings. The van der Waals surface area contributed by atoms with E-state index in [1.165, 1.54) is 29.2 Å². The topological polar surface area (TPSA) is 96.0 Å². The lowest BCUT2D eigenvalue weighted by Crippen LogP contribution is -2.49. The lowest BCUT2D eigenvalue weighted by Gasteiger charge is -2.30. The maximum Gasteiger partial charge on any atom is 0.242 e. The summed E-state index contributed by atoms with van der Waals surface area (Å²) < 4.78 is 44.4. The van der Waals surface area contributed by atoms with Gasteiger partial charge < -0.3 is 15.0 Å². The van der Waals surface area contributed by atoms with Gasteiger partial charge in [0.2, 0.25) is 21.8 Å². The molecule has 10 heteroatoms. The second-order valence-corrected chi connectivity index (χ2v) is 10.7. The van der Waals surface area contributed by atoms with Gasteiger partial charge in [-0.25, -0.2) is 12.8 Å². The van der Waals surface area contributed by atoms with E-state index in [-0.39, 0.29) is 43.8 Å². The van der Waals surface area contributed by atoms with Crippen molar-refractivity contribution >= 4 is 27.5 Å². The largest absolute Gasteiger partial charge is 0.497 e. The molecule has 2 aromatic rings. The summed E-state index contributed by atoms with van der Waals surface area (Å²) in [5.74, 6) is -0.373. The third kappa shape index (κ3) is 8.51. The van der Waals surface area contributed by atoms with Crippen molar-refractivity contribution in [3.63, 3.8) is 0 Å². The van der Waals surface area contributed by atoms with Gasteiger partial charge in [0.1, 0.15) is 17.6 Å². The normalized spacial score (nSPS) is 12.9. The van der Waals surface area contributed by atoms with E-state index in [0.717, 1.165) is 22.5 Å². The van der Waals surface area contributed by atoms with Gasteiger partial charge in [-0.2, -0.15) is 0 Å². The second-order valence-electron chi connectivity index (χ2n) is 8.78. The number of anilines is 1. The molecule has 1 N–H and O–H groups in total.